The highest BCUT2D eigenvalue weighted by atomic mass is 32.2. The van der Waals surface area contributed by atoms with Crippen molar-refractivity contribution in [2.45, 2.75) is 6.54 Å². The van der Waals surface area contributed by atoms with Crippen molar-refractivity contribution in [1.82, 2.24) is 9.03 Å². The van der Waals surface area contributed by atoms with Gasteiger partial charge in [-0.15, -0.1) is 11.3 Å². The van der Waals surface area contributed by atoms with Crippen LogP contribution in [0.15, 0.2) is 17.5 Å². The van der Waals surface area contributed by atoms with Crippen molar-refractivity contribution in [2.75, 3.05) is 26.3 Å². The molecule has 1 aromatic heterocycles. The first-order valence-electron chi connectivity index (χ1n) is 6.28. The zero-order valence-electron chi connectivity index (χ0n) is 11.2. The van der Waals surface area contributed by atoms with E-state index in [1.807, 2.05) is 0 Å². The monoisotopic (exact) mass is 332 g/mol. The first-order chi connectivity index (χ1) is 9.97. The number of carboxylic acid groups (broad SMARTS) is 1. The molecule has 2 N–H and O–H groups in total. The van der Waals surface area contributed by atoms with E-state index in [4.69, 9.17) is 9.84 Å². The highest BCUT2D eigenvalue weighted by Gasteiger charge is 2.23. The summed E-state index contributed by atoms with van der Waals surface area (Å²) in [5.74, 6) is -1.02. The predicted molar refractivity (Wildman–Crippen MR) is 79.1 cm³/mol. The third-order valence-corrected chi connectivity index (χ3v) is 5.34. The van der Waals surface area contributed by atoms with E-state index in [0.717, 1.165) is 16.5 Å². The van der Waals surface area contributed by atoms with Crippen molar-refractivity contribution in [2.24, 2.45) is 0 Å². The molecule has 1 aliphatic rings. The standard InChI is InChI=1S/C12H16N2O5S2/c15-12(16)2-1-10-7-11(20-9-10)8-13-21(17,18)14-3-5-19-6-4-14/h1-2,7,9,13H,3-6,8H2,(H,15,16). The minimum Gasteiger partial charge on any atom is -0.478 e. The van der Waals surface area contributed by atoms with Crippen LogP contribution in [0, 0.1) is 0 Å². The molecule has 2 rings (SSSR count). The normalized spacial score (nSPS) is 17.3. The Hall–Kier alpha value is -1.26. The van der Waals surface area contributed by atoms with Gasteiger partial charge in [0.2, 0.25) is 0 Å². The van der Waals surface area contributed by atoms with Gasteiger partial charge in [-0.2, -0.15) is 17.4 Å². The van der Waals surface area contributed by atoms with Gasteiger partial charge in [0, 0.05) is 30.6 Å². The van der Waals surface area contributed by atoms with Crippen molar-refractivity contribution in [3.8, 4) is 0 Å². The molecule has 0 radical (unpaired) electrons. The average molecular weight is 332 g/mol. The Morgan fingerprint density at radius 2 is 2.19 bits per heavy atom. The number of nitrogens with zero attached hydrogens (tertiary/aromatic N) is 1. The summed E-state index contributed by atoms with van der Waals surface area (Å²) in [7, 11) is -3.50. The van der Waals surface area contributed by atoms with Crippen LogP contribution in [0.2, 0.25) is 0 Å². The summed E-state index contributed by atoms with van der Waals surface area (Å²) in [5, 5.41) is 10.3. The molecule has 7 nitrogen and oxygen atoms in total. The van der Waals surface area contributed by atoms with Gasteiger partial charge in [0.05, 0.1) is 13.2 Å². The molecule has 116 valence electrons. The molecule has 0 bridgehead atoms. The Morgan fingerprint density at radius 1 is 1.48 bits per heavy atom. The van der Waals surface area contributed by atoms with Crippen LogP contribution in [0.3, 0.4) is 0 Å². The van der Waals surface area contributed by atoms with Crippen molar-refractivity contribution in [3.05, 3.63) is 28.0 Å². The number of ether oxygens (including phenoxy) is 1. The van der Waals surface area contributed by atoms with Crippen LogP contribution in [-0.4, -0.2) is 50.1 Å². The molecule has 21 heavy (non-hydrogen) atoms. The van der Waals surface area contributed by atoms with E-state index in [9.17, 15) is 13.2 Å². The second kappa shape index (κ2) is 7.14. The highest BCUT2D eigenvalue weighted by Crippen LogP contribution is 2.16. The SMILES string of the molecule is O=C(O)C=Cc1csc(CNS(=O)(=O)N2CCOCC2)c1. The van der Waals surface area contributed by atoms with Crippen LogP contribution in [0.25, 0.3) is 6.08 Å². The molecule has 0 atom stereocenters. The van der Waals surface area contributed by atoms with Crippen LogP contribution in [0.4, 0.5) is 0 Å². The van der Waals surface area contributed by atoms with Crippen molar-refractivity contribution in [3.63, 3.8) is 0 Å². The predicted octanol–water partition coefficient (Wildman–Crippen LogP) is 0.512. The van der Waals surface area contributed by atoms with Gasteiger partial charge in [0.1, 0.15) is 0 Å². The number of morpholine rings is 1. The van der Waals surface area contributed by atoms with Gasteiger partial charge in [-0.1, -0.05) is 0 Å². The Kier molecular flexibility index (Phi) is 5.48. The maximum atomic E-state index is 12.1. The van der Waals surface area contributed by atoms with E-state index in [0.29, 0.717) is 26.3 Å². The average Bonchev–Trinajstić information content (AvgIpc) is 2.92. The molecule has 0 aliphatic carbocycles. The number of hydrogen-bond acceptors (Lipinski definition) is 5. The molecule has 0 aromatic carbocycles. The van der Waals surface area contributed by atoms with Crippen LogP contribution < -0.4 is 4.72 Å². The number of carboxylic acids is 1. The smallest absolute Gasteiger partial charge is 0.328 e. The van der Waals surface area contributed by atoms with Crippen molar-refractivity contribution in [1.29, 1.82) is 0 Å². The Labute approximate surface area is 127 Å². The van der Waals surface area contributed by atoms with Crippen molar-refractivity contribution < 1.29 is 23.1 Å². The molecular weight excluding hydrogens is 316 g/mol. The molecule has 9 heteroatoms. The largest absolute Gasteiger partial charge is 0.478 e. The number of aliphatic carboxylic acids is 1. The van der Waals surface area contributed by atoms with Gasteiger partial charge in [-0.3, -0.25) is 0 Å². The van der Waals surface area contributed by atoms with E-state index in [2.05, 4.69) is 4.72 Å². The van der Waals surface area contributed by atoms with Gasteiger partial charge >= 0.3 is 5.97 Å². The lowest BCUT2D eigenvalue weighted by Gasteiger charge is -2.25. The second-order valence-corrected chi connectivity index (χ2v) is 7.11. The summed E-state index contributed by atoms with van der Waals surface area (Å²) in [6.45, 7) is 1.71. The number of rotatable bonds is 6. The third-order valence-electron chi connectivity index (χ3n) is 2.83. The zero-order valence-corrected chi connectivity index (χ0v) is 12.8. The van der Waals surface area contributed by atoms with E-state index < -0.39 is 16.2 Å². The quantitative estimate of drug-likeness (QED) is 0.740. The molecule has 1 aromatic rings. The molecule has 0 amide bonds. The number of nitrogens with one attached hydrogen (secondary N) is 1. The fourth-order valence-electron chi connectivity index (χ4n) is 1.79. The summed E-state index contributed by atoms with van der Waals surface area (Å²) in [5.41, 5.74) is 0.739. The third kappa shape index (κ3) is 4.90. The maximum Gasteiger partial charge on any atom is 0.328 e. The van der Waals surface area contributed by atoms with E-state index in [1.165, 1.54) is 21.7 Å². The van der Waals surface area contributed by atoms with Crippen molar-refractivity contribution >= 4 is 33.6 Å². The van der Waals surface area contributed by atoms with Crippen LogP contribution in [-0.2, 0) is 26.3 Å². The molecule has 1 saturated heterocycles. The lowest BCUT2D eigenvalue weighted by Crippen LogP contribution is -2.46. The molecular formula is C12H16N2O5S2. The first kappa shape index (κ1) is 16.1. The first-order valence-corrected chi connectivity index (χ1v) is 8.60. The summed E-state index contributed by atoms with van der Waals surface area (Å²) in [4.78, 5) is 11.2. The topological polar surface area (TPSA) is 95.9 Å². The van der Waals surface area contributed by atoms with Gasteiger partial charge < -0.3 is 9.84 Å². The van der Waals surface area contributed by atoms with E-state index in [-0.39, 0.29) is 6.54 Å². The second-order valence-electron chi connectivity index (χ2n) is 4.36. The Morgan fingerprint density at radius 3 is 2.86 bits per heavy atom. The minimum atomic E-state index is -3.50. The molecule has 1 fully saturated rings. The summed E-state index contributed by atoms with van der Waals surface area (Å²) < 4.78 is 33.1. The minimum absolute atomic E-state index is 0.186. The summed E-state index contributed by atoms with van der Waals surface area (Å²) in [6.07, 6.45) is 2.52. The fourth-order valence-corrected chi connectivity index (χ4v) is 3.82. The van der Waals surface area contributed by atoms with Crippen LogP contribution >= 0.6 is 11.3 Å². The molecule has 1 aliphatic heterocycles. The van der Waals surface area contributed by atoms with Gasteiger partial charge in [0.25, 0.3) is 10.2 Å². The lowest BCUT2D eigenvalue weighted by atomic mass is 10.3. The maximum absolute atomic E-state index is 12.1. The van der Waals surface area contributed by atoms with Crippen LogP contribution in [0.1, 0.15) is 10.4 Å². The Bertz CT molecular complexity index is 617. The lowest BCUT2D eigenvalue weighted by molar-refractivity contribution is -0.131. The summed E-state index contributed by atoms with van der Waals surface area (Å²) >= 11 is 1.37. The zero-order chi connectivity index (χ0) is 15.3. The molecule has 0 saturated carbocycles. The molecule has 0 unspecified atom stereocenters. The van der Waals surface area contributed by atoms with E-state index >= 15 is 0 Å². The fraction of sp³-hybridized carbons (Fsp3) is 0.417. The van der Waals surface area contributed by atoms with Gasteiger partial charge in [-0.25, -0.2) is 4.79 Å². The highest BCUT2D eigenvalue weighted by molar-refractivity contribution is 7.87. The van der Waals surface area contributed by atoms with E-state index in [1.54, 1.807) is 11.4 Å². The number of carbonyl (C=O) groups is 1. The molecule has 2 heterocycles. The number of thiophene rings is 1. The molecule has 0 spiro atoms. The van der Waals surface area contributed by atoms with Gasteiger partial charge in [-0.05, 0) is 23.1 Å². The van der Waals surface area contributed by atoms with Gasteiger partial charge in [0.15, 0.2) is 0 Å². The number of hydrogen-bond donors (Lipinski definition) is 2. The van der Waals surface area contributed by atoms with Crippen LogP contribution in [0.5, 0.6) is 0 Å². The summed E-state index contributed by atoms with van der Waals surface area (Å²) in [6, 6.07) is 1.76. The Balaban J connectivity index is 1.91.